The van der Waals surface area contributed by atoms with Crippen LogP contribution in [0.4, 0.5) is 5.69 Å². The summed E-state index contributed by atoms with van der Waals surface area (Å²) in [4.78, 5) is 45.3. The van der Waals surface area contributed by atoms with Crippen LogP contribution in [0.25, 0.3) is 0 Å². The van der Waals surface area contributed by atoms with Gasteiger partial charge < -0.3 is 14.8 Å². The number of amides is 1. The second kappa shape index (κ2) is 5.52. The van der Waals surface area contributed by atoms with Gasteiger partial charge in [0.15, 0.2) is 12.4 Å². The fourth-order valence-corrected chi connectivity index (χ4v) is 1.69. The van der Waals surface area contributed by atoms with Crippen LogP contribution >= 0.6 is 0 Å². The van der Waals surface area contributed by atoms with Gasteiger partial charge in [-0.2, -0.15) is 0 Å². The van der Waals surface area contributed by atoms with Gasteiger partial charge in [-0.15, -0.1) is 0 Å². The maximum Gasteiger partial charge on any atom is 0.374 e. The Morgan fingerprint density at radius 1 is 1.35 bits per heavy atom. The lowest BCUT2D eigenvalue weighted by Crippen LogP contribution is -2.25. The first kappa shape index (κ1) is 13.7. The van der Waals surface area contributed by atoms with Crippen LogP contribution in [0.5, 0.6) is 5.75 Å². The Hall–Kier alpha value is -2.70. The van der Waals surface area contributed by atoms with E-state index in [0.29, 0.717) is 11.4 Å². The smallest absolute Gasteiger partial charge is 0.374 e. The van der Waals surface area contributed by atoms with Crippen molar-refractivity contribution in [3.05, 3.63) is 23.8 Å². The lowest BCUT2D eigenvalue weighted by Gasteiger charge is -2.18. The van der Waals surface area contributed by atoms with Gasteiger partial charge in [0, 0.05) is 5.56 Å². The molecule has 7 heteroatoms. The minimum Gasteiger partial charge on any atom is -0.482 e. The van der Waals surface area contributed by atoms with E-state index in [-0.39, 0.29) is 18.1 Å². The van der Waals surface area contributed by atoms with E-state index in [4.69, 9.17) is 4.74 Å². The third kappa shape index (κ3) is 2.82. The molecular weight excluding hydrogens is 266 g/mol. The normalized spacial score (nSPS) is 12.8. The predicted octanol–water partition coefficient (Wildman–Crippen LogP) is 0.332. The van der Waals surface area contributed by atoms with Gasteiger partial charge in [0.25, 0.3) is 5.91 Å². The van der Waals surface area contributed by atoms with Crippen LogP contribution in [0.15, 0.2) is 18.2 Å². The number of nitrogens with one attached hydrogen (secondary N) is 1. The predicted molar refractivity (Wildman–Crippen MR) is 66.5 cm³/mol. The van der Waals surface area contributed by atoms with E-state index in [1.807, 2.05) is 0 Å². The Balaban J connectivity index is 2.15. The van der Waals surface area contributed by atoms with Crippen molar-refractivity contribution in [1.29, 1.82) is 0 Å². The van der Waals surface area contributed by atoms with Crippen LogP contribution in [0.2, 0.25) is 0 Å². The van der Waals surface area contributed by atoms with Crippen LogP contribution in [0.1, 0.15) is 16.8 Å². The van der Waals surface area contributed by atoms with Crippen molar-refractivity contribution in [1.82, 2.24) is 0 Å². The molecule has 20 heavy (non-hydrogen) atoms. The second-order valence-electron chi connectivity index (χ2n) is 4.06. The molecule has 2 rings (SSSR count). The Labute approximate surface area is 113 Å². The maximum atomic E-state index is 11.9. The summed E-state index contributed by atoms with van der Waals surface area (Å²) < 4.78 is 9.38. The third-order valence-corrected chi connectivity index (χ3v) is 2.67. The highest BCUT2D eigenvalue weighted by Gasteiger charge is 2.22. The fraction of sp³-hybridized carbons (Fsp3) is 0.231. The molecule has 1 aliphatic heterocycles. The number of fused-ring (bicyclic) bond motifs is 1. The molecule has 1 aromatic rings. The van der Waals surface area contributed by atoms with Crippen LogP contribution in [0.3, 0.4) is 0 Å². The van der Waals surface area contributed by atoms with E-state index < -0.39 is 24.0 Å². The second-order valence-corrected chi connectivity index (χ2v) is 4.06. The zero-order valence-electron chi connectivity index (χ0n) is 10.6. The molecule has 0 saturated carbocycles. The number of esters is 1. The molecule has 0 aliphatic carbocycles. The standard InChI is InChI=1S/C13H11NO6/c1-19-13(18)10(16)5-9(15)7-2-3-11-8(4-7)14-12(17)6-20-11/h2-4H,5-6H2,1H3,(H,14,17). The number of ketones is 2. The average Bonchev–Trinajstić information content (AvgIpc) is 2.45. The monoisotopic (exact) mass is 277 g/mol. The van der Waals surface area contributed by atoms with Gasteiger partial charge in [0.1, 0.15) is 5.75 Å². The number of hydrogen-bond acceptors (Lipinski definition) is 6. The van der Waals surface area contributed by atoms with E-state index in [1.54, 1.807) is 0 Å². The molecule has 0 saturated heterocycles. The summed E-state index contributed by atoms with van der Waals surface area (Å²) in [5, 5.41) is 2.55. The molecule has 0 aromatic heterocycles. The summed E-state index contributed by atoms with van der Waals surface area (Å²) in [6.45, 7) is -0.0822. The van der Waals surface area contributed by atoms with Crippen molar-refractivity contribution in [3.63, 3.8) is 0 Å². The molecule has 0 spiro atoms. The number of rotatable bonds is 4. The number of Topliss-reactive ketones (excluding diaryl/α,β-unsaturated/α-hetero) is 2. The fourth-order valence-electron chi connectivity index (χ4n) is 1.69. The zero-order chi connectivity index (χ0) is 14.7. The Morgan fingerprint density at radius 3 is 2.80 bits per heavy atom. The van der Waals surface area contributed by atoms with Gasteiger partial charge in [-0.1, -0.05) is 0 Å². The first-order chi connectivity index (χ1) is 9.51. The van der Waals surface area contributed by atoms with Gasteiger partial charge >= 0.3 is 5.97 Å². The molecule has 104 valence electrons. The first-order valence-electron chi connectivity index (χ1n) is 5.72. The van der Waals surface area contributed by atoms with Gasteiger partial charge in [-0.3, -0.25) is 14.4 Å². The Morgan fingerprint density at radius 2 is 2.10 bits per heavy atom. The Bertz CT molecular complexity index is 607. The molecule has 1 aromatic carbocycles. The summed E-state index contributed by atoms with van der Waals surface area (Å²) in [5.41, 5.74) is 0.560. The highest BCUT2D eigenvalue weighted by molar-refractivity contribution is 6.38. The highest BCUT2D eigenvalue weighted by Crippen LogP contribution is 2.28. The molecule has 1 amide bonds. The third-order valence-electron chi connectivity index (χ3n) is 2.67. The van der Waals surface area contributed by atoms with Crippen LogP contribution in [-0.4, -0.2) is 37.2 Å². The molecule has 7 nitrogen and oxygen atoms in total. The number of benzene rings is 1. The SMILES string of the molecule is COC(=O)C(=O)CC(=O)c1ccc2c(c1)NC(=O)CO2. The number of ether oxygens (including phenoxy) is 2. The van der Waals surface area contributed by atoms with Crippen LogP contribution in [0, 0.1) is 0 Å². The average molecular weight is 277 g/mol. The summed E-state index contributed by atoms with van der Waals surface area (Å²) in [6, 6.07) is 4.38. The van der Waals surface area contributed by atoms with Gasteiger partial charge in [0.2, 0.25) is 5.78 Å². The summed E-state index contributed by atoms with van der Waals surface area (Å²) in [5.74, 6) is -2.40. The van der Waals surface area contributed by atoms with Gasteiger partial charge in [-0.25, -0.2) is 4.79 Å². The molecule has 1 heterocycles. The lowest BCUT2D eigenvalue weighted by molar-refractivity contribution is -0.151. The van der Waals surface area contributed by atoms with Crippen molar-refractivity contribution in [2.24, 2.45) is 0 Å². The van der Waals surface area contributed by atoms with Crippen molar-refractivity contribution in [3.8, 4) is 5.75 Å². The minimum absolute atomic E-state index is 0.0822. The summed E-state index contributed by atoms with van der Waals surface area (Å²) >= 11 is 0. The Kier molecular flexibility index (Phi) is 3.79. The molecule has 1 N–H and O–H groups in total. The summed E-state index contributed by atoms with van der Waals surface area (Å²) in [6.07, 6.45) is -0.583. The first-order valence-corrected chi connectivity index (χ1v) is 5.72. The van der Waals surface area contributed by atoms with Crippen molar-refractivity contribution >= 4 is 29.1 Å². The minimum atomic E-state index is -1.06. The van der Waals surface area contributed by atoms with E-state index >= 15 is 0 Å². The van der Waals surface area contributed by atoms with E-state index in [9.17, 15) is 19.2 Å². The number of carbonyl (C=O) groups is 4. The quantitative estimate of drug-likeness (QED) is 0.368. The molecule has 1 aliphatic rings. The number of carbonyl (C=O) groups excluding carboxylic acids is 4. The van der Waals surface area contributed by atoms with Crippen molar-refractivity contribution < 1.29 is 28.7 Å². The van der Waals surface area contributed by atoms with Gasteiger partial charge in [0.05, 0.1) is 19.2 Å². The highest BCUT2D eigenvalue weighted by atomic mass is 16.5. The number of anilines is 1. The summed E-state index contributed by atoms with van der Waals surface area (Å²) in [7, 11) is 1.07. The maximum absolute atomic E-state index is 11.9. The molecule has 0 bridgehead atoms. The number of hydrogen-bond donors (Lipinski definition) is 1. The zero-order valence-corrected chi connectivity index (χ0v) is 10.6. The van der Waals surface area contributed by atoms with Crippen LogP contribution in [-0.2, 0) is 19.1 Å². The molecular formula is C13H11NO6. The molecule has 0 radical (unpaired) electrons. The van der Waals surface area contributed by atoms with Gasteiger partial charge in [-0.05, 0) is 18.2 Å². The lowest BCUT2D eigenvalue weighted by atomic mass is 10.0. The van der Waals surface area contributed by atoms with E-state index in [2.05, 4.69) is 10.1 Å². The van der Waals surface area contributed by atoms with E-state index in [0.717, 1.165) is 7.11 Å². The number of methoxy groups -OCH3 is 1. The molecule has 0 fully saturated rings. The largest absolute Gasteiger partial charge is 0.482 e. The molecule has 0 unspecified atom stereocenters. The topological polar surface area (TPSA) is 98.8 Å². The van der Waals surface area contributed by atoms with Crippen LogP contribution < -0.4 is 10.1 Å². The molecule has 0 atom stereocenters. The van der Waals surface area contributed by atoms with E-state index in [1.165, 1.54) is 18.2 Å². The van der Waals surface area contributed by atoms with Crippen molar-refractivity contribution in [2.75, 3.05) is 19.0 Å². The van der Waals surface area contributed by atoms with Crippen molar-refractivity contribution in [2.45, 2.75) is 6.42 Å².